The van der Waals surface area contributed by atoms with E-state index in [2.05, 4.69) is 4.72 Å². The van der Waals surface area contributed by atoms with Crippen molar-refractivity contribution < 1.29 is 27.8 Å². The highest BCUT2D eigenvalue weighted by molar-refractivity contribution is 7.89. The lowest BCUT2D eigenvalue weighted by atomic mass is 10.2. The van der Waals surface area contributed by atoms with Gasteiger partial charge in [-0.3, -0.25) is 0 Å². The van der Waals surface area contributed by atoms with E-state index in [4.69, 9.17) is 26.2 Å². The number of carboxylic acid groups (broad SMARTS) is 1. The third-order valence-corrected chi connectivity index (χ3v) is 5.13. The minimum Gasteiger partial charge on any atom is -0.493 e. The van der Waals surface area contributed by atoms with E-state index in [0.29, 0.717) is 17.2 Å². The third-order valence-electron chi connectivity index (χ3n) is 3.41. The summed E-state index contributed by atoms with van der Waals surface area (Å²) in [5.41, 5.74) is 0.0734. The summed E-state index contributed by atoms with van der Waals surface area (Å²) in [7, 11) is -2.17. The van der Waals surface area contributed by atoms with Crippen molar-refractivity contribution in [1.29, 1.82) is 0 Å². The molecule has 0 spiro atoms. The summed E-state index contributed by atoms with van der Waals surface area (Å²) in [6.07, 6.45) is 0.382. The van der Waals surface area contributed by atoms with E-state index >= 15 is 0 Å². The van der Waals surface area contributed by atoms with Crippen LogP contribution in [-0.4, -0.2) is 39.8 Å². The molecule has 0 aliphatic rings. The Balaban J connectivity index is 1.88. The molecule has 0 unspecified atom stereocenters. The van der Waals surface area contributed by atoms with Gasteiger partial charge < -0.3 is 14.6 Å². The van der Waals surface area contributed by atoms with Gasteiger partial charge in [0.05, 0.1) is 24.2 Å². The van der Waals surface area contributed by atoms with E-state index in [1.807, 2.05) is 0 Å². The highest BCUT2D eigenvalue weighted by atomic mass is 35.5. The number of aromatic carboxylic acids is 1. The molecule has 0 aromatic heterocycles. The Labute approximate surface area is 156 Å². The van der Waals surface area contributed by atoms with Gasteiger partial charge in [0.25, 0.3) is 0 Å². The summed E-state index contributed by atoms with van der Waals surface area (Å²) < 4.78 is 37.3. The van der Waals surface area contributed by atoms with Crippen molar-refractivity contribution in [2.24, 2.45) is 0 Å². The molecule has 0 saturated heterocycles. The predicted octanol–water partition coefficient (Wildman–Crippen LogP) is 2.79. The summed E-state index contributed by atoms with van der Waals surface area (Å²) in [6.45, 7) is 0.342. The normalized spacial score (nSPS) is 11.2. The monoisotopic (exact) mass is 399 g/mol. The van der Waals surface area contributed by atoms with Gasteiger partial charge in [-0.1, -0.05) is 11.6 Å². The number of halogens is 1. The number of methoxy groups -OCH3 is 1. The molecule has 0 fully saturated rings. The zero-order valence-electron chi connectivity index (χ0n) is 13.9. The smallest absolute Gasteiger partial charge is 0.335 e. The van der Waals surface area contributed by atoms with E-state index in [1.54, 1.807) is 0 Å². The maximum absolute atomic E-state index is 12.1. The molecule has 0 amide bonds. The van der Waals surface area contributed by atoms with Gasteiger partial charge in [0.1, 0.15) is 0 Å². The van der Waals surface area contributed by atoms with Gasteiger partial charge in [0, 0.05) is 11.6 Å². The van der Waals surface area contributed by atoms with Crippen molar-refractivity contribution in [3.63, 3.8) is 0 Å². The maximum atomic E-state index is 12.1. The first-order valence-corrected chi connectivity index (χ1v) is 9.49. The Morgan fingerprint density at radius 3 is 2.46 bits per heavy atom. The highest BCUT2D eigenvalue weighted by Crippen LogP contribution is 2.28. The van der Waals surface area contributed by atoms with Crippen LogP contribution in [0.1, 0.15) is 16.8 Å². The fourth-order valence-electron chi connectivity index (χ4n) is 2.08. The van der Waals surface area contributed by atoms with Crippen LogP contribution in [0.25, 0.3) is 0 Å². The molecule has 2 N–H and O–H groups in total. The minimum atomic E-state index is -3.62. The summed E-state index contributed by atoms with van der Waals surface area (Å²) >= 11 is 5.74. The number of hydrogen-bond acceptors (Lipinski definition) is 5. The second-order valence-corrected chi connectivity index (χ2v) is 7.43. The lowest BCUT2D eigenvalue weighted by Gasteiger charge is -2.12. The average Bonchev–Trinajstić information content (AvgIpc) is 2.61. The van der Waals surface area contributed by atoms with E-state index in [0.717, 1.165) is 0 Å². The molecule has 0 radical (unpaired) electrons. The number of rotatable bonds is 9. The van der Waals surface area contributed by atoms with Crippen molar-refractivity contribution in [2.75, 3.05) is 20.3 Å². The summed E-state index contributed by atoms with van der Waals surface area (Å²) in [6, 6.07) is 10.1. The fraction of sp³-hybridized carbons (Fsp3) is 0.235. The zero-order valence-corrected chi connectivity index (χ0v) is 15.5. The fourth-order valence-corrected chi connectivity index (χ4v) is 3.28. The minimum absolute atomic E-state index is 0.0734. The molecule has 9 heteroatoms. The van der Waals surface area contributed by atoms with Crippen molar-refractivity contribution in [3.05, 3.63) is 53.1 Å². The van der Waals surface area contributed by atoms with Crippen LogP contribution in [0.4, 0.5) is 0 Å². The Morgan fingerprint density at radius 2 is 1.85 bits per heavy atom. The maximum Gasteiger partial charge on any atom is 0.335 e. The van der Waals surface area contributed by atoms with Gasteiger partial charge in [-0.25, -0.2) is 17.9 Å². The Kier molecular flexibility index (Phi) is 6.84. The van der Waals surface area contributed by atoms with E-state index in [9.17, 15) is 13.2 Å². The van der Waals surface area contributed by atoms with Crippen molar-refractivity contribution in [2.45, 2.75) is 11.3 Å². The summed E-state index contributed by atoms with van der Waals surface area (Å²) in [4.78, 5) is 11.1. The predicted molar refractivity (Wildman–Crippen MR) is 96.7 cm³/mol. The Hall–Kier alpha value is -2.29. The van der Waals surface area contributed by atoms with Crippen molar-refractivity contribution >= 4 is 27.6 Å². The van der Waals surface area contributed by atoms with Crippen LogP contribution in [0.15, 0.2) is 47.4 Å². The molecule has 26 heavy (non-hydrogen) atoms. The number of hydrogen-bond donors (Lipinski definition) is 2. The first-order valence-electron chi connectivity index (χ1n) is 7.63. The van der Waals surface area contributed by atoms with Crippen LogP contribution in [0.3, 0.4) is 0 Å². The molecular formula is C17H18ClNO6S. The molecule has 7 nitrogen and oxygen atoms in total. The summed E-state index contributed by atoms with van der Waals surface area (Å²) in [5, 5.41) is 9.47. The number of ether oxygens (including phenoxy) is 2. The Morgan fingerprint density at radius 1 is 1.15 bits per heavy atom. The average molecular weight is 400 g/mol. The largest absolute Gasteiger partial charge is 0.493 e. The van der Waals surface area contributed by atoms with Gasteiger partial charge in [-0.15, -0.1) is 0 Å². The van der Waals surface area contributed by atoms with Gasteiger partial charge in [-0.05, 0) is 48.9 Å². The topological polar surface area (TPSA) is 102 Å². The van der Waals surface area contributed by atoms with Gasteiger partial charge in [-0.2, -0.15) is 0 Å². The van der Waals surface area contributed by atoms with Gasteiger partial charge in [0.2, 0.25) is 10.0 Å². The van der Waals surface area contributed by atoms with Crippen LogP contribution >= 0.6 is 11.6 Å². The number of nitrogens with one attached hydrogen (secondary N) is 1. The molecule has 0 aliphatic heterocycles. The molecular weight excluding hydrogens is 382 g/mol. The van der Waals surface area contributed by atoms with Crippen LogP contribution in [-0.2, 0) is 10.0 Å². The van der Waals surface area contributed by atoms with Crippen LogP contribution in [0, 0.1) is 0 Å². The molecule has 0 saturated carbocycles. The molecule has 2 aromatic carbocycles. The SMILES string of the molecule is COc1ccc(C(=O)O)cc1OCCCNS(=O)(=O)c1ccc(Cl)cc1. The number of benzene rings is 2. The molecule has 0 atom stereocenters. The van der Waals surface area contributed by atoms with Crippen molar-refractivity contribution in [3.8, 4) is 11.5 Å². The van der Waals surface area contributed by atoms with Crippen molar-refractivity contribution in [1.82, 2.24) is 4.72 Å². The van der Waals surface area contributed by atoms with Crippen LogP contribution in [0.5, 0.6) is 11.5 Å². The molecule has 2 rings (SSSR count). The third kappa shape index (κ3) is 5.35. The van der Waals surface area contributed by atoms with E-state index in [-0.39, 0.29) is 29.4 Å². The van der Waals surface area contributed by atoms with E-state index in [1.165, 1.54) is 49.6 Å². The lowest BCUT2D eigenvalue weighted by Crippen LogP contribution is -2.25. The first-order chi connectivity index (χ1) is 12.3. The first kappa shape index (κ1) is 20.0. The number of carbonyl (C=O) groups is 1. The second kappa shape index (κ2) is 8.88. The zero-order chi connectivity index (χ0) is 19.2. The van der Waals surface area contributed by atoms with Crippen LogP contribution < -0.4 is 14.2 Å². The molecule has 0 bridgehead atoms. The number of carboxylic acids is 1. The number of sulfonamides is 1. The van der Waals surface area contributed by atoms with Crippen LogP contribution in [0.2, 0.25) is 5.02 Å². The molecule has 2 aromatic rings. The highest BCUT2D eigenvalue weighted by Gasteiger charge is 2.13. The molecule has 0 aliphatic carbocycles. The van der Waals surface area contributed by atoms with Gasteiger partial charge >= 0.3 is 5.97 Å². The molecule has 140 valence electrons. The second-order valence-electron chi connectivity index (χ2n) is 5.22. The Bertz CT molecular complexity index is 867. The summed E-state index contributed by atoms with van der Waals surface area (Å²) in [5.74, 6) is -0.391. The van der Waals surface area contributed by atoms with E-state index < -0.39 is 16.0 Å². The molecule has 0 heterocycles. The quantitative estimate of drug-likeness (QED) is 0.628. The standard InChI is InChI=1S/C17H18ClNO6S/c1-24-15-8-3-12(17(20)21)11-16(15)25-10-2-9-19-26(22,23)14-6-4-13(18)5-7-14/h3-8,11,19H,2,9-10H2,1H3,(H,20,21). The lowest BCUT2D eigenvalue weighted by molar-refractivity contribution is 0.0696. The van der Waals surface area contributed by atoms with Gasteiger partial charge in [0.15, 0.2) is 11.5 Å².